The highest BCUT2D eigenvalue weighted by Crippen LogP contribution is 2.40. The molecule has 0 saturated carbocycles. The maximum atomic E-state index is 2.30. The molecule has 1 heteroatoms. The van der Waals surface area contributed by atoms with Crippen LogP contribution in [0.3, 0.4) is 0 Å². The zero-order chi connectivity index (χ0) is 11.5. The number of fused-ring (bicyclic) bond motifs is 1. The molecule has 1 aliphatic heterocycles. The van der Waals surface area contributed by atoms with Gasteiger partial charge in [0.2, 0.25) is 0 Å². The van der Waals surface area contributed by atoms with Crippen molar-refractivity contribution in [2.45, 2.75) is 18.1 Å². The monoisotopic (exact) mass is 240 g/mol. The van der Waals surface area contributed by atoms with E-state index in [0.29, 0.717) is 5.25 Å². The van der Waals surface area contributed by atoms with Gasteiger partial charge in [-0.05, 0) is 35.3 Å². The molecule has 0 fully saturated rings. The molecule has 17 heavy (non-hydrogen) atoms. The van der Waals surface area contributed by atoms with E-state index in [0.717, 1.165) is 0 Å². The number of hydrogen-bond acceptors (Lipinski definition) is 1. The molecule has 3 rings (SSSR count). The zero-order valence-corrected chi connectivity index (χ0v) is 10.6. The molecule has 0 spiro atoms. The summed E-state index contributed by atoms with van der Waals surface area (Å²) in [5.74, 6) is 1.26. The van der Waals surface area contributed by atoms with Gasteiger partial charge in [0.1, 0.15) is 0 Å². The first-order valence-electron chi connectivity index (χ1n) is 6.19. The lowest BCUT2D eigenvalue weighted by molar-refractivity contribution is 0.931. The first-order valence-corrected chi connectivity index (χ1v) is 7.24. The fourth-order valence-corrected chi connectivity index (χ4v) is 3.78. The molecule has 0 amide bonds. The Hall–Kier alpha value is -1.21. The summed E-state index contributed by atoms with van der Waals surface area (Å²) in [6.07, 6.45) is 2.53. The average Bonchev–Trinajstić information content (AvgIpc) is 2.62. The van der Waals surface area contributed by atoms with Crippen molar-refractivity contribution in [3.05, 3.63) is 71.3 Å². The maximum Gasteiger partial charge on any atom is 0.0549 e. The van der Waals surface area contributed by atoms with Crippen LogP contribution in [0.2, 0.25) is 0 Å². The van der Waals surface area contributed by atoms with Crippen molar-refractivity contribution in [2.24, 2.45) is 0 Å². The second-order valence-electron chi connectivity index (χ2n) is 4.46. The number of hydrogen-bond donors (Lipinski definition) is 0. The van der Waals surface area contributed by atoms with E-state index >= 15 is 0 Å². The van der Waals surface area contributed by atoms with E-state index in [9.17, 15) is 0 Å². The molecule has 1 aliphatic rings. The summed E-state index contributed by atoms with van der Waals surface area (Å²) in [7, 11) is 0. The van der Waals surface area contributed by atoms with Crippen molar-refractivity contribution in [1.82, 2.24) is 0 Å². The summed E-state index contributed by atoms with van der Waals surface area (Å²) in [6.45, 7) is 0. The van der Waals surface area contributed by atoms with E-state index < -0.39 is 0 Å². The minimum Gasteiger partial charge on any atom is -0.149 e. The van der Waals surface area contributed by atoms with Crippen LogP contribution < -0.4 is 0 Å². The van der Waals surface area contributed by atoms with Crippen LogP contribution in [0, 0.1) is 0 Å². The summed E-state index contributed by atoms with van der Waals surface area (Å²) in [4.78, 5) is 0. The molecule has 1 atom stereocenters. The van der Waals surface area contributed by atoms with Gasteiger partial charge in [-0.1, -0.05) is 54.6 Å². The standard InChI is InChI=1S/C16H16S/c1-2-8-14(9-3-1)16-15-11-5-4-7-13(15)10-6-12-17-16/h1-5,7-9,11,16H,6,10,12H2. The highest BCUT2D eigenvalue weighted by molar-refractivity contribution is 7.99. The van der Waals surface area contributed by atoms with Gasteiger partial charge in [0.05, 0.1) is 5.25 Å². The fourth-order valence-electron chi connectivity index (χ4n) is 2.47. The van der Waals surface area contributed by atoms with Crippen molar-refractivity contribution < 1.29 is 0 Å². The summed E-state index contributed by atoms with van der Waals surface area (Å²) in [5.41, 5.74) is 4.49. The van der Waals surface area contributed by atoms with Crippen molar-refractivity contribution in [3.8, 4) is 0 Å². The van der Waals surface area contributed by atoms with E-state index in [4.69, 9.17) is 0 Å². The van der Waals surface area contributed by atoms with E-state index in [1.807, 2.05) is 0 Å². The SMILES string of the molecule is c1ccc(C2SCCCc3ccccc32)cc1. The highest BCUT2D eigenvalue weighted by Gasteiger charge is 2.19. The van der Waals surface area contributed by atoms with Crippen molar-refractivity contribution in [1.29, 1.82) is 0 Å². The normalized spacial score (nSPS) is 19.4. The molecule has 0 bridgehead atoms. The van der Waals surface area contributed by atoms with E-state index in [-0.39, 0.29) is 0 Å². The van der Waals surface area contributed by atoms with Crippen LogP contribution in [0.5, 0.6) is 0 Å². The summed E-state index contributed by atoms with van der Waals surface area (Å²) in [6, 6.07) is 19.8. The smallest absolute Gasteiger partial charge is 0.0549 e. The van der Waals surface area contributed by atoms with Crippen LogP contribution in [0.15, 0.2) is 54.6 Å². The summed E-state index contributed by atoms with van der Waals surface area (Å²) in [5, 5.41) is 0.523. The Kier molecular flexibility index (Phi) is 3.19. The molecule has 0 radical (unpaired) electrons. The first-order chi connectivity index (χ1) is 8.45. The molecule has 1 unspecified atom stereocenters. The Balaban J connectivity index is 2.06. The molecular weight excluding hydrogens is 224 g/mol. The molecule has 2 aromatic carbocycles. The zero-order valence-electron chi connectivity index (χ0n) is 9.80. The summed E-state index contributed by atoms with van der Waals surface area (Å²) >= 11 is 2.08. The fraction of sp³-hybridized carbons (Fsp3) is 0.250. The Morgan fingerprint density at radius 1 is 0.882 bits per heavy atom. The van der Waals surface area contributed by atoms with Gasteiger partial charge < -0.3 is 0 Å². The largest absolute Gasteiger partial charge is 0.149 e. The van der Waals surface area contributed by atoms with Gasteiger partial charge in [0.15, 0.2) is 0 Å². The molecule has 0 saturated heterocycles. The minimum absolute atomic E-state index is 0.523. The van der Waals surface area contributed by atoms with Gasteiger partial charge in [-0.15, -0.1) is 11.8 Å². The second kappa shape index (κ2) is 4.97. The van der Waals surface area contributed by atoms with E-state index in [2.05, 4.69) is 66.4 Å². The van der Waals surface area contributed by atoms with Crippen LogP contribution in [0.4, 0.5) is 0 Å². The number of thioether (sulfide) groups is 1. The van der Waals surface area contributed by atoms with Gasteiger partial charge in [-0.25, -0.2) is 0 Å². The van der Waals surface area contributed by atoms with Crippen LogP contribution in [-0.4, -0.2) is 5.75 Å². The lowest BCUT2D eigenvalue weighted by atomic mass is 9.97. The predicted octanol–water partition coefficient (Wildman–Crippen LogP) is 4.46. The maximum absolute atomic E-state index is 2.30. The molecule has 0 nitrogen and oxygen atoms in total. The number of benzene rings is 2. The third kappa shape index (κ3) is 2.25. The predicted molar refractivity (Wildman–Crippen MR) is 75.5 cm³/mol. The molecule has 0 N–H and O–H groups in total. The lowest BCUT2D eigenvalue weighted by Crippen LogP contribution is -1.98. The van der Waals surface area contributed by atoms with Gasteiger partial charge in [-0.3, -0.25) is 0 Å². The van der Waals surface area contributed by atoms with Crippen LogP contribution in [-0.2, 0) is 6.42 Å². The number of rotatable bonds is 1. The Labute approximate surface area is 107 Å². The van der Waals surface area contributed by atoms with Crippen molar-refractivity contribution in [2.75, 3.05) is 5.75 Å². The van der Waals surface area contributed by atoms with Crippen LogP contribution in [0.1, 0.15) is 28.4 Å². The Morgan fingerprint density at radius 2 is 1.65 bits per heavy atom. The molecule has 0 aromatic heterocycles. The number of aryl methyl sites for hydroxylation is 1. The third-order valence-electron chi connectivity index (χ3n) is 3.31. The third-order valence-corrected chi connectivity index (χ3v) is 4.70. The van der Waals surface area contributed by atoms with Gasteiger partial charge >= 0.3 is 0 Å². The minimum atomic E-state index is 0.523. The molecule has 2 aromatic rings. The molecule has 86 valence electrons. The van der Waals surface area contributed by atoms with Crippen LogP contribution in [0.25, 0.3) is 0 Å². The topological polar surface area (TPSA) is 0 Å². The quantitative estimate of drug-likeness (QED) is 0.709. The highest BCUT2D eigenvalue weighted by atomic mass is 32.2. The lowest BCUT2D eigenvalue weighted by Gasteiger charge is -2.17. The summed E-state index contributed by atoms with van der Waals surface area (Å²) < 4.78 is 0. The van der Waals surface area contributed by atoms with Gasteiger partial charge in [-0.2, -0.15) is 0 Å². The average molecular weight is 240 g/mol. The van der Waals surface area contributed by atoms with Gasteiger partial charge in [0.25, 0.3) is 0 Å². The van der Waals surface area contributed by atoms with Crippen LogP contribution >= 0.6 is 11.8 Å². The van der Waals surface area contributed by atoms with Crippen molar-refractivity contribution in [3.63, 3.8) is 0 Å². The first kappa shape index (κ1) is 10.9. The van der Waals surface area contributed by atoms with Crippen molar-refractivity contribution >= 4 is 11.8 Å². The Bertz CT molecular complexity index is 490. The van der Waals surface area contributed by atoms with Gasteiger partial charge in [0, 0.05) is 0 Å². The molecule has 1 heterocycles. The molecule has 0 aliphatic carbocycles. The Morgan fingerprint density at radius 3 is 2.53 bits per heavy atom. The van der Waals surface area contributed by atoms with E-state index in [1.54, 1.807) is 0 Å². The second-order valence-corrected chi connectivity index (χ2v) is 5.68. The van der Waals surface area contributed by atoms with E-state index in [1.165, 1.54) is 35.3 Å². The molecular formula is C16H16S.